The molecule has 18 heavy (non-hydrogen) atoms. The van der Waals surface area contributed by atoms with Gasteiger partial charge >= 0.3 is 0 Å². The SMILES string of the molecule is CCCCN(CCCl)CC(F)(F)c1ccccc1. The molecule has 1 nitrogen and oxygen atoms in total. The molecule has 1 rings (SSSR count). The van der Waals surface area contributed by atoms with E-state index in [9.17, 15) is 8.78 Å². The quantitative estimate of drug-likeness (QED) is 0.645. The summed E-state index contributed by atoms with van der Waals surface area (Å²) in [6.07, 6.45) is 1.91. The molecule has 0 aliphatic rings. The first-order valence-electron chi connectivity index (χ1n) is 6.32. The molecule has 0 radical (unpaired) electrons. The fourth-order valence-electron chi connectivity index (χ4n) is 1.83. The van der Waals surface area contributed by atoms with Crippen LogP contribution in [0.25, 0.3) is 0 Å². The molecule has 0 saturated heterocycles. The number of hydrogen-bond donors (Lipinski definition) is 0. The van der Waals surface area contributed by atoms with Crippen LogP contribution in [0.2, 0.25) is 0 Å². The van der Waals surface area contributed by atoms with Crippen molar-refractivity contribution in [2.24, 2.45) is 0 Å². The van der Waals surface area contributed by atoms with Crippen LogP contribution in [0, 0.1) is 0 Å². The van der Waals surface area contributed by atoms with Gasteiger partial charge in [0.1, 0.15) is 0 Å². The van der Waals surface area contributed by atoms with E-state index in [4.69, 9.17) is 11.6 Å². The second-order valence-electron chi connectivity index (χ2n) is 4.39. The zero-order valence-electron chi connectivity index (χ0n) is 10.7. The van der Waals surface area contributed by atoms with Gasteiger partial charge in [-0.2, -0.15) is 8.78 Å². The van der Waals surface area contributed by atoms with Gasteiger partial charge in [0.2, 0.25) is 0 Å². The van der Waals surface area contributed by atoms with Gasteiger partial charge in [0.05, 0.1) is 6.54 Å². The van der Waals surface area contributed by atoms with Crippen molar-refractivity contribution < 1.29 is 8.78 Å². The third-order valence-electron chi connectivity index (χ3n) is 2.85. The maximum absolute atomic E-state index is 14.1. The first kappa shape index (κ1) is 15.4. The van der Waals surface area contributed by atoms with Crippen LogP contribution in [0.5, 0.6) is 0 Å². The molecular formula is C14H20ClF2N. The van der Waals surface area contributed by atoms with Crippen molar-refractivity contribution in [2.75, 3.05) is 25.5 Å². The zero-order valence-corrected chi connectivity index (χ0v) is 11.5. The summed E-state index contributed by atoms with van der Waals surface area (Å²) in [5.74, 6) is -2.43. The Balaban J connectivity index is 2.66. The van der Waals surface area contributed by atoms with Gasteiger partial charge in [0.15, 0.2) is 0 Å². The lowest BCUT2D eigenvalue weighted by Crippen LogP contribution is -2.37. The molecule has 0 bridgehead atoms. The van der Waals surface area contributed by atoms with Crippen LogP contribution in [-0.2, 0) is 5.92 Å². The normalized spacial score (nSPS) is 12.1. The first-order valence-corrected chi connectivity index (χ1v) is 6.85. The van der Waals surface area contributed by atoms with Crippen molar-refractivity contribution in [1.29, 1.82) is 0 Å². The molecule has 102 valence electrons. The van der Waals surface area contributed by atoms with Gasteiger partial charge in [-0.25, -0.2) is 0 Å². The van der Waals surface area contributed by atoms with Gasteiger partial charge in [-0.1, -0.05) is 43.7 Å². The molecule has 4 heteroatoms. The fraction of sp³-hybridized carbons (Fsp3) is 0.571. The summed E-state index contributed by atoms with van der Waals surface area (Å²) in [4.78, 5) is 1.74. The fourth-order valence-corrected chi connectivity index (χ4v) is 2.06. The average molecular weight is 276 g/mol. The number of hydrogen-bond acceptors (Lipinski definition) is 1. The van der Waals surface area contributed by atoms with E-state index in [0.717, 1.165) is 12.8 Å². The number of halogens is 3. The number of unbranched alkanes of at least 4 members (excludes halogenated alkanes) is 1. The van der Waals surface area contributed by atoms with Crippen LogP contribution < -0.4 is 0 Å². The van der Waals surface area contributed by atoms with E-state index in [-0.39, 0.29) is 12.1 Å². The highest BCUT2D eigenvalue weighted by Crippen LogP contribution is 2.28. The lowest BCUT2D eigenvalue weighted by Gasteiger charge is -2.26. The highest BCUT2D eigenvalue weighted by atomic mass is 35.5. The monoisotopic (exact) mass is 275 g/mol. The summed E-state index contributed by atoms with van der Waals surface area (Å²) in [7, 11) is 0. The Morgan fingerprint density at radius 1 is 1.17 bits per heavy atom. The molecule has 0 aliphatic heterocycles. The molecule has 0 spiro atoms. The van der Waals surface area contributed by atoms with Crippen LogP contribution in [0.1, 0.15) is 25.3 Å². The number of nitrogens with zero attached hydrogens (tertiary/aromatic N) is 1. The van der Waals surface area contributed by atoms with Gasteiger partial charge in [-0.15, -0.1) is 11.6 Å². The summed E-state index contributed by atoms with van der Waals surface area (Å²) in [6, 6.07) is 7.97. The summed E-state index contributed by atoms with van der Waals surface area (Å²) < 4.78 is 28.1. The van der Waals surface area contributed by atoms with Crippen LogP contribution >= 0.6 is 11.6 Å². The van der Waals surface area contributed by atoms with E-state index >= 15 is 0 Å². The minimum absolute atomic E-state index is 0.0704. The second-order valence-corrected chi connectivity index (χ2v) is 4.77. The first-order chi connectivity index (χ1) is 8.60. The molecule has 0 saturated carbocycles. The van der Waals surface area contributed by atoms with Gasteiger partial charge in [0, 0.05) is 18.0 Å². The number of benzene rings is 1. The standard InChI is InChI=1S/C14H20ClF2N/c1-2-3-10-18(11-9-15)12-14(16,17)13-7-5-4-6-8-13/h4-8H,2-3,9-12H2,1H3. The van der Waals surface area contributed by atoms with E-state index in [0.29, 0.717) is 19.0 Å². The minimum atomic E-state index is -2.82. The summed E-state index contributed by atoms with van der Waals surface area (Å²) >= 11 is 5.66. The van der Waals surface area contributed by atoms with Crippen molar-refractivity contribution in [3.05, 3.63) is 35.9 Å². The molecule has 0 N–H and O–H groups in total. The van der Waals surface area contributed by atoms with Crippen LogP contribution in [0.4, 0.5) is 8.78 Å². The van der Waals surface area contributed by atoms with Gasteiger partial charge in [-0.3, -0.25) is 4.90 Å². The minimum Gasteiger partial charge on any atom is -0.296 e. The Morgan fingerprint density at radius 2 is 1.83 bits per heavy atom. The Morgan fingerprint density at radius 3 is 2.39 bits per heavy atom. The van der Waals surface area contributed by atoms with E-state index in [1.54, 1.807) is 23.1 Å². The van der Waals surface area contributed by atoms with Crippen LogP contribution in [0.15, 0.2) is 30.3 Å². The Hall–Kier alpha value is -0.670. The molecule has 0 amide bonds. The van der Waals surface area contributed by atoms with Gasteiger partial charge in [0.25, 0.3) is 5.92 Å². The molecule has 0 unspecified atom stereocenters. The topological polar surface area (TPSA) is 3.24 Å². The van der Waals surface area contributed by atoms with E-state index in [1.165, 1.54) is 12.1 Å². The highest BCUT2D eigenvalue weighted by molar-refractivity contribution is 6.18. The molecule has 0 atom stereocenters. The third-order valence-corrected chi connectivity index (χ3v) is 3.02. The summed E-state index contributed by atoms with van der Waals surface area (Å²) in [5, 5.41) is 0. The molecule has 1 aromatic carbocycles. The molecule has 0 heterocycles. The Labute approximate surface area is 113 Å². The second kappa shape index (κ2) is 7.70. The molecule has 0 aliphatic carbocycles. The van der Waals surface area contributed by atoms with Crippen molar-refractivity contribution >= 4 is 11.6 Å². The van der Waals surface area contributed by atoms with Crippen molar-refractivity contribution in [2.45, 2.75) is 25.7 Å². The van der Waals surface area contributed by atoms with Crippen molar-refractivity contribution in [3.63, 3.8) is 0 Å². The number of alkyl halides is 3. The lowest BCUT2D eigenvalue weighted by atomic mass is 10.1. The van der Waals surface area contributed by atoms with Gasteiger partial charge < -0.3 is 0 Å². The molecule has 1 aromatic rings. The maximum atomic E-state index is 14.1. The predicted octanol–water partition coefficient (Wildman–Crippen LogP) is 4.12. The summed E-state index contributed by atoms with van der Waals surface area (Å²) in [5.41, 5.74) is 0.0704. The van der Waals surface area contributed by atoms with Gasteiger partial charge in [-0.05, 0) is 13.0 Å². The van der Waals surface area contributed by atoms with Crippen molar-refractivity contribution in [3.8, 4) is 0 Å². The van der Waals surface area contributed by atoms with E-state index in [2.05, 4.69) is 0 Å². The molecule has 0 fully saturated rings. The zero-order chi connectivity index (χ0) is 13.4. The molecule has 0 aromatic heterocycles. The average Bonchev–Trinajstić information content (AvgIpc) is 2.37. The predicted molar refractivity (Wildman–Crippen MR) is 72.4 cm³/mol. The lowest BCUT2D eigenvalue weighted by molar-refractivity contribution is -0.0368. The largest absolute Gasteiger partial charge is 0.296 e. The van der Waals surface area contributed by atoms with Crippen LogP contribution in [-0.4, -0.2) is 30.4 Å². The van der Waals surface area contributed by atoms with Crippen LogP contribution in [0.3, 0.4) is 0 Å². The smallest absolute Gasteiger partial charge is 0.285 e. The Kier molecular flexibility index (Phi) is 6.58. The van der Waals surface area contributed by atoms with E-state index in [1.807, 2.05) is 6.92 Å². The Bertz CT molecular complexity index is 330. The summed E-state index contributed by atoms with van der Waals surface area (Å²) in [6.45, 7) is 2.97. The maximum Gasteiger partial charge on any atom is 0.285 e. The van der Waals surface area contributed by atoms with Crippen molar-refractivity contribution in [1.82, 2.24) is 4.90 Å². The highest BCUT2D eigenvalue weighted by Gasteiger charge is 2.33. The van der Waals surface area contributed by atoms with E-state index < -0.39 is 5.92 Å². The third kappa shape index (κ3) is 4.91. The number of rotatable bonds is 8. The molecular weight excluding hydrogens is 256 g/mol.